The standard InChI is InChI=1S/C15H32N2O2/c1-11(2)9-15(5,19)10-17-14(18)12(3)7-6-8-13(4)16/h11-13,19H,6-10,16H2,1-5H3,(H,17,18). The van der Waals surface area contributed by atoms with E-state index in [-0.39, 0.29) is 17.9 Å². The van der Waals surface area contributed by atoms with E-state index in [1.54, 1.807) is 6.92 Å². The molecule has 0 aromatic rings. The number of hydrogen-bond donors (Lipinski definition) is 3. The third-order valence-corrected chi connectivity index (χ3v) is 3.24. The minimum Gasteiger partial charge on any atom is -0.388 e. The Morgan fingerprint density at radius 2 is 1.84 bits per heavy atom. The Hall–Kier alpha value is -0.610. The molecule has 0 aliphatic heterocycles. The van der Waals surface area contributed by atoms with Crippen molar-refractivity contribution in [2.45, 2.75) is 71.9 Å². The van der Waals surface area contributed by atoms with Crippen LogP contribution in [0.4, 0.5) is 0 Å². The lowest BCUT2D eigenvalue weighted by Crippen LogP contribution is -2.43. The average molecular weight is 272 g/mol. The van der Waals surface area contributed by atoms with E-state index in [9.17, 15) is 9.90 Å². The maximum atomic E-state index is 11.9. The normalized spacial score (nSPS) is 17.9. The van der Waals surface area contributed by atoms with Crippen molar-refractivity contribution < 1.29 is 9.90 Å². The van der Waals surface area contributed by atoms with Gasteiger partial charge in [0.05, 0.1) is 5.60 Å². The molecule has 3 unspecified atom stereocenters. The maximum absolute atomic E-state index is 11.9. The molecule has 0 saturated carbocycles. The smallest absolute Gasteiger partial charge is 0.222 e. The summed E-state index contributed by atoms with van der Waals surface area (Å²) in [7, 11) is 0. The van der Waals surface area contributed by atoms with Gasteiger partial charge in [-0.25, -0.2) is 0 Å². The molecule has 0 aliphatic carbocycles. The number of carbonyl (C=O) groups excluding carboxylic acids is 1. The van der Waals surface area contributed by atoms with Crippen LogP contribution in [-0.2, 0) is 4.79 Å². The van der Waals surface area contributed by atoms with Crippen LogP contribution in [0, 0.1) is 11.8 Å². The van der Waals surface area contributed by atoms with Crippen LogP contribution in [0.5, 0.6) is 0 Å². The highest BCUT2D eigenvalue weighted by Gasteiger charge is 2.23. The zero-order valence-corrected chi connectivity index (χ0v) is 13.2. The van der Waals surface area contributed by atoms with Crippen molar-refractivity contribution in [3.63, 3.8) is 0 Å². The summed E-state index contributed by atoms with van der Waals surface area (Å²) >= 11 is 0. The first kappa shape index (κ1) is 18.4. The van der Waals surface area contributed by atoms with Gasteiger partial charge in [-0.3, -0.25) is 4.79 Å². The molecule has 0 heterocycles. The lowest BCUT2D eigenvalue weighted by molar-refractivity contribution is -0.126. The van der Waals surface area contributed by atoms with Gasteiger partial charge >= 0.3 is 0 Å². The van der Waals surface area contributed by atoms with Crippen molar-refractivity contribution >= 4 is 5.91 Å². The fourth-order valence-corrected chi connectivity index (χ4v) is 2.28. The van der Waals surface area contributed by atoms with E-state index in [0.29, 0.717) is 18.9 Å². The molecule has 0 aromatic carbocycles. The third kappa shape index (κ3) is 9.91. The van der Waals surface area contributed by atoms with E-state index in [4.69, 9.17) is 5.73 Å². The molecule has 4 nitrogen and oxygen atoms in total. The molecule has 0 bridgehead atoms. The second-order valence-corrected chi connectivity index (χ2v) is 6.62. The van der Waals surface area contributed by atoms with Gasteiger partial charge in [0.1, 0.15) is 0 Å². The number of aliphatic hydroxyl groups is 1. The molecule has 0 saturated heterocycles. The lowest BCUT2D eigenvalue weighted by Gasteiger charge is -2.26. The fourth-order valence-electron chi connectivity index (χ4n) is 2.28. The molecule has 0 fully saturated rings. The van der Waals surface area contributed by atoms with Crippen molar-refractivity contribution in [2.75, 3.05) is 6.54 Å². The molecule has 0 aliphatic rings. The number of amides is 1. The summed E-state index contributed by atoms with van der Waals surface area (Å²) in [6.07, 6.45) is 3.45. The van der Waals surface area contributed by atoms with Crippen LogP contribution in [-0.4, -0.2) is 29.2 Å². The Bertz CT molecular complexity index is 263. The quantitative estimate of drug-likeness (QED) is 0.601. The van der Waals surface area contributed by atoms with Crippen LogP contribution in [0.2, 0.25) is 0 Å². The second-order valence-electron chi connectivity index (χ2n) is 6.62. The highest BCUT2D eigenvalue weighted by molar-refractivity contribution is 5.78. The van der Waals surface area contributed by atoms with E-state index in [0.717, 1.165) is 19.3 Å². The Kier molecular flexibility index (Phi) is 8.26. The average Bonchev–Trinajstić information content (AvgIpc) is 2.23. The number of nitrogens with two attached hydrogens (primary N) is 1. The van der Waals surface area contributed by atoms with Gasteiger partial charge in [-0.15, -0.1) is 0 Å². The van der Waals surface area contributed by atoms with Crippen LogP contribution >= 0.6 is 0 Å². The molecule has 1 amide bonds. The topological polar surface area (TPSA) is 75.3 Å². The van der Waals surface area contributed by atoms with Crippen molar-refractivity contribution in [3.8, 4) is 0 Å². The summed E-state index contributed by atoms with van der Waals surface area (Å²) in [6, 6.07) is 0.196. The van der Waals surface area contributed by atoms with Crippen LogP contribution in [0.3, 0.4) is 0 Å². The molecule has 114 valence electrons. The largest absolute Gasteiger partial charge is 0.388 e. The van der Waals surface area contributed by atoms with Gasteiger partial charge in [0.15, 0.2) is 0 Å². The van der Waals surface area contributed by atoms with E-state index in [1.165, 1.54) is 0 Å². The van der Waals surface area contributed by atoms with Gasteiger partial charge in [0, 0.05) is 18.5 Å². The molecule has 4 N–H and O–H groups in total. The number of rotatable bonds is 9. The van der Waals surface area contributed by atoms with E-state index < -0.39 is 5.60 Å². The lowest BCUT2D eigenvalue weighted by atomic mass is 9.94. The Balaban J connectivity index is 3.96. The van der Waals surface area contributed by atoms with Crippen molar-refractivity contribution in [1.82, 2.24) is 5.32 Å². The van der Waals surface area contributed by atoms with Crippen LogP contribution in [0.25, 0.3) is 0 Å². The number of carbonyl (C=O) groups is 1. The van der Waals surface area contributed by atoms with Crippen molar-refractivity contribution in [3.05, 3.63) is 0 Å². The molecule has 19 heavy (non-hydrogen) atoms. The SMILES string of the molecule is CC(C)CC(C)(O)CNC(=O)C(C)CCCC(C)N. The monoisotopic (exact) mass is 272 g/mol. The zero-order valence-electron chi connectivity index (χ0n) is 13.2. The maximum Gasteiger partial charge on any atom is 0.222 e. The molecule has 0 radical (unpaired) electrons. The van der Waals surface area contributed by atoms with Gasteiger partial charge in [-0.05, 0) is 39.0 Å². The van der Waals surface area contributed by atoms with Crippen molar-refractivity contribution in [1.29, 1.82) is 0 Å². The van der Waals surface area contributed by atoms with Crippen LogP contribution in [0.1, 0.15) is 60.3 Å². The summed E-state index contributed by atoms with van der Waals surface area (Å²) in [4.78, 5) is 11.9. The van der Waals surface area contributed by atoms with Gasteiger partial charge < -0.3 is 16.2 Å². The second kappa shape index (κ2) is 8.54. The minimum atomic E-state index is -0.824. The van der Waals surface area contributed by atoms with Crippen LogP contribution in [0.15, 0.2) is 0 Å². The first-order valence-electron chi connectivity index (χ1n) is 7.39. The molecular weight excluding hydrogens is 240 g/mol. The summed E-state index contributed by atoms with van der Waals surface area (Å²) in [5.74, 6) is 0.415. The van der Waals surface area contributed by atoms with Crippen LogP contribution < -0.4 is 11.1 Å². The van der Waals surface area contributed by atoms with E-state index in [1.807, 2.05) is 13.8 Å². The van der Waals surface area contributed by atoms with Gasteiger partial charge in [-0.1, -0.05) is 27.2 Å². The van der Waals surface area contributed by atoms with Crippen molar-refractivity contribution in [2.24, 2.45) is 17.6 Å². The predicted octanol–water partition coefficient (Wildman–Crippen LogP) is 2.05. The summed E-state index contributed by atoms with van der Waals surface area (Å²) in [5, 5.41) is 13.0. The molecule has 0 aromatic heterocycles. The highest BCUT2D eigenvalue weighted by Crippen LogP contribution is 2.16. The third-order valence-electron chi connectivity index (χ3n) is 3.24. The first-order chi connectivity index (χ1) is 8.64. The summed E-state index contributed by atoms with van der Waals surface area (Å²) in [6.45, 7) is 10.1. The number of hydrogen-bond acceptors (Lipinski definition) is 3. The molecular formula is C15H32N2O2. The van der Waals surface area contributed by atoms with E-state index >= 15 is 0 Å². The van der Waals surface area contributed by atoms with Gasteiger partial charge in [-0.2, -0.15) is 0 Å². The molecule has 4 heteroatoms. The number of nitrogens with one attached hydrogen (secondary N) is 1. The molecule has 0 rings (SSSR count). The predicted molar refractivity (Wildman–Crippen MR) is 79.8 cm³/mol. The summed E-state index contributed by atoms with van der Waals surface area (Å²) < 4.78 is 0. The molecule has 0 spiro atoms. The Morgan fingerprint density at radius 3 is 2.32 bits per heavy atom. The Morgan fingerprint density at radius 1 is 1.26 bits per heavy atom. The molecule has 3 atom stereocenters. The summed E-state index contributed by atoms with van der Waals surface area (Å²) in [5.41, 5.74) is 4.86. The van der Waals surface area contributed by atoms with Gasteiger partial charge in [0.2, 0.25) is 5.91 Å². The van der Waals surface area contributed by atoms with Gasteiger partial charge in [0.25, 0.3) is 0 Å². The fraction of sp³-hybridized carbons (Fsp3) is 0.933. The van der Waals surface area contributed by atoms with E-state index in [2.05, 4.69) is 19.2 Å². The zero-order chi connectivity index (χ0) is 15.1. The highest BCUT2D eigenvalue weighted by atomic mass is 16.3. The Labute approximate surface area is 118 Å². The first-order valence-corrected chi connectivity index (χ1v) is 7.39. The minimum absolute atomic E-state index is 0.0198.